The SMILES string of the molecule is C[C@@H]1CNc2c(sc3ccc4nc(-c5ccc(N6CCN(CC7CN(c8ccc9c(c8)n(C)c(=O)n9C8CCC(=O)NC8=O)C7)CC6)cc5F)ccc4c23)C(=O)N1. The van der Waals surface area contributed by atoms with Gasteiger partial charge < -0.3 is 20.4 Å². The second-order valence-corrected chi connectivity index (χ2v) is 16.9. The molecule has 3 saturated heterocycles. The lowest BCUT2D eigenvalue weighted by molar-refractivity contribution is -0.135. The number of anilines is 3. The van der Waals surface area contributed by atoms with Gasteiger partial charge in [-0.3, -0.25) is 33.7 Å². The van der Waals surface area contributed by atoms with E-state index in [2.05, 4.69) is 30.7 Å². The standard InChI is InChI=1S/C42H42FN9O4S/c1-23-19-44-38-37-28-6-7-30(46-31(28)8-11-35(37)57-39(38)41(55)45-23)27-5-3-25(17-29(27)43)50-15-13-49(14-16-50)20-24-21-51(22-24)26-4-9-32-34(18-26)48(2)42(56)52(32)33-10-12-36(53)47-40(33)54/h3-9,11,17-18,23-24,33,44H,10,12-16,19-22H2,1-2H3,(H,45,55)(H,47,53,54)/t23-,33?/m1/s1. The summed E-state index contributed by atoms with van der Waals surface area (Å²) in [6, 6.07) is 18.5. The van der Waals surface area contributed by atoms with E-state index >= 15 is 4.39 Å². The lowest BCUT2D eigenvalue weighted by Crippen LogP contribution is -2.55. The van der Waals surface area contributed by atoms with E-state index in [0.29, 0.717) is 40.5 Å². The summed E-state index contributed by atoms with van der Waals surface area (Å²) in [4.78, 5) is 62.9. The molecule has 3 aromatic heterocycles. The number of aromatic nitrogens is 3. The van der Waals surface area contributed by atoms with Crippen molar-refractivity contribution in [3.63, 3.8) is 0 Å². The minimum Gasteiger partial charge on any atom is -0.381 e. The van der Waals surface area contributed by atoms with Crippen LogP contribution in [0.4, 0.5) is 21.5 Å². The molecule has 2 atom stereocenters. The largest absolute Gasteiger partial charge is 0.381 e. The molecule has 3 fully saturated rings. The minimum absolute atomic E-state index is 0.0215. The van der Waals surface area contributed by atoms with Gasteiger partial charge in [0.2, 0.25) is 11.8 Å². The van der Waals surface area contributed by atoms with Crippen LogP contribution < -0.4 is 31.4 Å². The molecule has 1 unspecified atom stereocenters. The summed E-state index contributed by atoms with van der Waals surface area (Å²) in [5.74, 6) is -0.599. The average molecular weight is 788 g/mol. The minimum atomic E-state index is -0.699. The fourth-order valence-electron chi connectivity index (χ4n) is 9.01. The molecule has 10 rings (SSSR count). The highest BCUT2D eigenvalue weighted by Crippen LogP contribution is 2.41. The molecule has 3 N–H and O–H groups in total. The van der Waals surface area contributed by atoms with Crippen molar-refractivity contribution in [3.8, 4) is 11.3 Å². The van der Waals surface area contributed by atoms with Crippen LogP contribution in [0.5, 0.6) is 0 Å². The predicted molar refractivity (Wildman–Crippen MR) is 221 cm³/mol. The van der Waals surface area contributed by atoms with Crippen molar-refractivity contribution >= 4 is 78.1 Å². The van der Waals surface area contributed by atoms with Gasteiger partial charge in [-0.2, -0.15) is 0 Å². The van der Waals surface area contributed by atoms with Crippen LogP contribution in [-0.4, -0.2) is 95.1 Å². The predicted octanol–water partition coefficient (Wildman–Crippen LogP) is 4.69. The van der Waals surface area contributed by atoms with E-state index < -0.39 is 11.9 Å². The summed E-state index contributed by atoms with van der Waals surface area (Å²) in [6.45, 7) is 8.83. The van der Waals surface area contributed by atoms with Crippen molar-refractivity contribution in [2.75, 3.05) is 67.5 Å². The van der Waals surface area contributed by atoms with Crippen molar-refractivity contribution in [3.05, 3.63) is 81.8 Å². The van der Waals surface area contributed by atoms with Crippen LogP contribution in [0.3, 0.4) is 0 Å². The summed E-state index contributed by atoms with van der Waals surface area (Å²) >= 11 is 1.47. The highest BCUT2D eigenvalue weighted by atomic mass is 32.1. The molecular weight excluding hydrogens is 746 g/mol. The van der Waals surface area contributed by atoms with Crippen molar-refractivity contribution in [2.45, 2.75) is 31.8 Å². The molecule has 15 heteroatoms. The lowest BCUT2D eigenvalue weighted by atomic mass is 9.98. The first kappa shape index (κ1) is 35.6. The molecule has 0 bridgehead atoms. The number of piperazine rings is 1. The maximum Gasteiger partial charge on any atom is 0.329 e. The summed E-state index contributed by atoms with van der Waals surface area (Å²) < 4.78 is 19.9. The first-order chi connectivity index (χ1) is 27.6. The molecule has 292 valence electrons. The number of rotatable bonds is 6. The molecule has 0 aliphatic carbocycles. The van der Waals surface area contributed by atoms with Gasteiger partial charge in [0.1, 0.15) is 16.7 Å². The Hall–Kier alpha value is -5.80. The fraction of sp³-hybridized carbons (Fsp3) is 0.357. The van der Waals surface area contributed by atoms with Crippen LogP contribution in [0, 0.1) is 11.7 Å². The maximum atomic E-state index is 15.8. The summed E-state index contributed by atoms with van der Waals surface area (Å²) in [6.07, 6.45) is 0.520. The number of hydrogen-bond acceptors (Lipinski definition) is 10. The van der Waals surface area contributed by atoms with Crippen LogP contribution in [0.15, 0.2) is 65.5 Å². The van der Waals surface area contributed by atoms with Crippen molar-refractivity contribution < 1.29 is 18.8 Å². The first-order valence-electron chi connectivity index (χ1n) is 19.6. The Morgan fingerprint density at radius 1 is 0.895 bits per heavy atom. The van der Waals surface area contributed by atoms with Crippen LogP contribution in [0.2, 0.25) is 0 Å². The number of carbonyl (C=O) groups is 3. The average Bonchev–Trinajstić information content (AvgIpc) is 3.64. The number of fused-ring (bicyclic) bond motifs is 6. The number of benzene rings is 3. The molecule has 0 spiro atoms. The van der Waals surface area contributed by atoms with Crippen LogP contribution >= 0.6 is 11.3 Å². The second kappa shape index (κ2) is 13.7. The molecule has 3 amide bonds. The lowest BCUT2D eigenvalue weighted by Gasteiger charge is -2.45. The highest BCUT2D eigenvalue weighted by Gasteiger charge is 2.33. The molecule has 4 aliphatic rings. The third kappa shape index (κ3) is 6.11. The first-order valence-corrected chi connectivity index (χ1v) is 20.4. The number of nitrogens with one attached hydrogen (secondary N) is 3. The van der Waals surface area contributed by atoms with Gasteiger partial charge in [-0.15, -0.1) is 11.3 Å². The summed E-state index contributed by atoms with van der Waals surface area (Å²) in [5, 5.41) is 10.8. The number of nitrogens with zero attached hydrogens (tertiary/aromatic N) is 6. The Bertz CT molecular complexity index is 2710. The van der Waals surface area contributed by atoms with Gasteiger partial charge in [-0.05, 0) is 74.0 Å². The van der Waals surface area contributed by atoms with Gasteiger partial charge in [0.15, 0.2) is 0 Å². The van der Waals surface area contributed by atoms with E-state index in [9.17, 15) is 19.2 Å². The Kier molecular flexibility index (Phi) is 8.55. The summed E-state index contributed by atoms with van der Waals surface area (Å²) in [7, 11) is 1.72. The zero-order valence-electron chi connectivity index (χ0n) is 31.7. The van der Waals surface area contributed by atoms with E-state index in [1.807, 2.05) is 61.5 Å². The number of hydrogen-bond donors (Lipinski definition) is 3. The topological polar surface area (TPSA) is 137 Å². The number of pyridine rings is 1. The Labute approximate surface area is 331 Å². The normalized spacial score (nSPS) is 20.7. The van der Waals surface area contributed by atoms with Crippen molar-refractivity contribution in [1.82, 2.24) is 29.7 Å². The third-order valence-electron chi connectivity index (χ3n) is 12.1. The number of piperidine rings is 1. The zero-order chi connectivity index (χ0) is 39.1. The molecule has 13 nitrogen and oxygen atoms in total. The number of halogens is 1. The second-order valence-electron chi connectivity index (χ2n) is 15.8. The summed E-state index contributed by atoms with van der Waals surface area (Å²) in [5.41, 5.74) is 5.71. The Morgan fingerprint density at radius 3 is 2.47 bits per heavy atom. The van der Waals surface area contributed by atoms with Gasteiger partial charge >= 0.3 is 5.69 Å². The fourth-order valence-corrected chi connectivity index (χ4v) is 10.1. The van der Waals surface area contributed by atoms with E-state index in [-0.39, 0.29) is 35.8 Å². The van der Waals surface area contributed by atoms with Crippen LogP contribution in [0.25, 0.3) is 43.3 Å². The molecule has 4 aliphatic heterocycles. The maximum absolute atomic E-state index is 15.8. The van der Waals surface area contributed by atoms with Crippen LogP contribution in [-0.2, 0) is 16.6 Å². The molecule has 6 aromatic rings. The quantitative estimate of drug-likeness (QED) is 0.206. The number of imide groups is 1. The zero-order valence-corrected chi connectivity index (χ0v) is 32.5. The molecule has 3 aromatic carbocycles. The molecule has 57 heavy (non-hydrogen) atoms. The van der Waals surface area contributed by atoms with Gasteiger partial charge in [0.05, 0.1) is 27.9 Å². The van der Waals surface area contributed by atoms with Crippen molar-refractivity contribution in [2.24, 2.45) is 13.0 Å². The van der Waals surface area contributed by atoms with E-state index in [1.165, 1.54) is 15.9 Å². The van der Waals surface area contributed by atoms with E-state index in [4.69, 9.17) is 4.98 Å². The number of aryl methyl sites for hydroxylation is 1. The monoisotopic (exact) mass is 787 g/mol. The van der Waals surface area contributed by atoms with E-state index in [0.717, 1.165) is 89.4 Å². The number of amides is 3. The number of imidazole rings is 1. The molecular formula is C42H42FN9O4S. The van der Waals surface area contributed by atoms with Crippen molar-refractivity contribution in [1.29, 1.82) is 0 Å². The number of carbonyl (C=O) groups excluding carboxylic acids is 3. The van der Waals surface area contributed by atoms with Crippen LogP contribution in [0.1, 0.15) is 35.5 Å². The van der Waals surface area contributed by atoms with Gasteiger partial charge in [0, 0.05) is 110 Å². The number of thiophene rings is 1. The van der Waals surface area contributed by atoms with Gasteiger partial charge in [-0.25, -0.2) is 14.2 Å². The molecule has 7 heterocycles. The molecule has 0 saturated carbocycles. The Morgan fingerprint density at radius 2 is 1.68 bits per heavy atom. The Balaban J connectivity index is 0.767. The van der Waals surface area contributed by atoms with E-state index in [1.54, 1.807) is 17.7 Å². The molecule has 0 radical (unpaired) electrons. The van der Waals surface area contributed by atoms with Gasteiger partial charge in [-0.1, -0.05) is 0 Å². The highest BCUT2D eigenvalue weighted by molar-refractivity contribution is 7.21. The van der Waals surface area contributed by atoms with Gasteiger partial charge in [0.25, 0.3) is 5.91 Å². The third-order valence-corrected chi connectivity index (χ3v) is 13.2. The smallest absolute Gasteiger partial charge is 0.329 e.